The van der Waals surface area contributed by atoms with Gasteiger partial charge in [0.15, 0.2) is 6.29 Å². The molecule has 0 unspecified atom stereocenters. The maximum Gasteiger partial charge on any atom is 0.154 e. The molecule has 0 saturated carbocycles. The molecule has 0 fully saturated rings. The molecule has 0 radical (unpaired) electrons. The van der Waals surface area contributed by atoms with Gasteiger partial charge in [-0.05, 0) is 24.5 Å². The number of hydrogen-bond donors (Lipinski definition) is 2. The maximum atomic E-state index is 10.8. The summed E-state index contributed by atoms with van der Waals surface area (Å²) in [6, 6.07) is 2.73. The van der Waals surface area contributed by atoms with E-state index >= 15 is 0 Å². The van der Waals surface area contributed by atoms with Crippen molar-refractivity contribution in [3.8, 4) is 11.5 Å². The lowest BCUT2D eigenvalue weighted by Crippen LogP contribution is -1.94. The molecule has 82 valence electrons. The van der Waals surface area contributed by atoms with E-state index < -0.39 is 0 Å². The van der Waals surface area contributed by atoms with Gasteiger partial charge < -0.3 is 10.2 Å². The fourth-order valence-corrected chi connectivity index (χ4v) is 1.59. The molecule has 0 saturated heterocycles. The van der Waals surface area contributed by atoms with Gasteiger partial charge in [-0.3, -0.25) is 4.79 Å². The standard InChI is InChI=1S/C12H16O3/c1-2-3-4-5-9-6-10(14)7-12(15)11(9)8-13/h6-8,14-15H,2-5H2,1H3. The van der Waals surface area contributed by atoms with Gasteiger partial charge in [0.05, 0.1) is 5.56 Å². The highest BCUT2D eigenvalue weighted by Gasteiger charge is 2.08. The van der Waals surface area contributed by atoms with Crippen LogP contribution < -0.4 is 0 Å². The van der Waals surface area contributed by atoms with Gasteiger partial charge in [0.2, 0.25) is 0 Å². The third kappa shape index (κ3) is 2.98. The molecule has 0 heterocycles. The van der Waals surface area contributed by atoms with Crippen LogP contribution in [0.4, 0.5) is 0 Å². The molecule has 3 heteroatoms. The molecule has 0 atom stereocenters. The first kappa shape index (κ1) is 11.6. The summed E-state index contributed by atoms with van der Waals surface area (Å²) in [7, 11) is 0. The minimum Gasteiger partial charge on any atom is -0.508 e. The molecule has 0 aliphatic rings. The van der Waals surface area contributed by atoms with E-state index in [9.17, 15) is 15.0 Å². The topological polar surface area (TPSA) is 57.5 Å². The molecule has 0 aliphatic carbocycles. The number of unbranched alkanes of at least 4 members (excludes halogenated alkanes) is 2. The number of carbonyl (C=O) groups excluding carboxylic acids is 1. The average Bonchev–Trinajstić information content (AvgIpc) is 2.17. The van der Waals surface area contributed by atoms with Crippen molar-refractivity contribution < 1.29 is 15.0 Å². The number of carbonyl (C=O) groups is 1. The predicted octanol–water partition coefficient (Wildman–Crippen LogP) is 2.64. The van der Waals surface area contributed by atoms with Crippen molar-refractivity contribution in [1.29, 1.82) is 0 Å². The van der Waals surface area contributed by atoms with Crippen LogP contribution in [0.15, 0.2) is 12.1 Å². The van der Waals surface area contributed by atoms with E-state index in [1.54, 1.807) is 6.07 Å². The molecule has 1 rings (SSSR count). The highest BCUT2D eigenvalue weighted by molar-refractivity contribution is 5.82. The Hall–Kier alpha value is -1.51. The number of phenolic OH excluding ortho intramolecular Hbond substituents is 2. The monoisotopic (exact) mass is 208 g/mol. The van der Waals surface area contributed by atoms with Gasteiger partial charge in [0, 0.05) is 6.07 Å². The van der Waals surface area contributed by atoms with Crippen LogP contribution >= 0.6 is 0 Å². The van der Waals surface area contributed by atoms with Gasteiger partial charge in [0.1, 0.15) is 11.5 Å². The first-order valence-electron chi connectivity index (χ1n) is 5.19. The Morgan fingerprint density at radius 3 is 2.60 bits per heavy atom. The molecule has 1 aromatic rings. The van der Waals surface area contributed by atoms with Gasteiger partial charge in [-0.1, -0.05) is 19.8 Å². The number of benzene rings is 1. The summed E-state index contributed by atoms with van der Waals surface area (Å²) in [5.41, 5.74) is 1.01. The third-order valence-electron chi connectivity index (χ3n) is 2.40. The Morgan fingerprint density at radius 1 is 1.27 bits per heavy atom. The second-order valence-electron chi connectivity index (χ2n) is 3.61. The third-order valence-corrected chi connectivity index (χ3v) is 2.40. The molecule has 2 N–H and O–H groups in total. The minimum absolute atomic E-state index is 0.00426. The van der Waals surface area contributed by atoms with Crippen molar-refractivity contribution in [2.24, 2.45) is 0 Å². The van der Waals surface area contributed by atoms with Crippen molar-refractivity contribution in [2.75, 3.05) is 0 Å². The molecule has 0 spiro atoms. The van der Waals surface area contributed by atoms with Crippen LogP contribution in [0, 0.1) is 0 Å². The van der Waals surface area contributed by atoms with Crippen LogP contribution in [0.25, 0.3) is 0 Å². The number of phenols is 2. The SMILES string of the molecule is CCCCCc1cc(O)cc(O)c1C=O. The summed E-state index contributed by atoms with van der Waals surface area (Å²) in [5.74, 6) is -0.138. The smallest absolute Gasteiger partial charge is 0.154 e. The number of aldehydes is 1. The summed E-state index contributed by atoms with van der Waals surface area (Å²) >= 11 is 0. The summed E-state index contributed by atoms with van der Waals surface area (Å²) < 4.78 is 0. The molecule has 0 amide bonds. The van der Waals surface area contributed by atoms with Gasteiger partial charge in [-0.15, -0.1) is 0 Å². The predicted molar refractivity (Wildman–Crippen MR) is 58.4 cm³/mol. The second kappa shape index (κ2) is 5.39. The van der Waals surface area contributed by atoms with Crippen molar-refractivity contribution in [2.45, 2.75) is 32.6 Å². The quantitative estimate of drug-likeness (QED) is 0.577. The van der Waals surface area contributed by atoms with Crippen LogP contribution in [0.2, 0.25) is 0 Å². The fraction of sp³-hybridized carbons (Fsp3) is 0.417. The van der Waals surface area contributed by atoms with E-state index in [0.29, 0.717) is 18.3 Å². The van der Waals surface area contributed by atoms with Crippen LogP contribution in [-0.4, -0.2) is 16.5 Å². The lowest BCUT2D eigenvalue weighted by atomic mass is 10.0. The van der Waals surface area contributed by atoms with Gasteiger partial charge in [-0.25, -0.2) is 0 Å². The summed E-state index contributed by atoms with van der Waals surface area (Å²) in [5, 5.41) is 18.7. The van der Waals surface area contributed by atoms with E-state index in [4.69, 9.17) is 0 Å². The summed E-state index contributed by atoms with van der Waals surface area (Å²) in [6.45, 7) is 2.10. The maximum absolute atomic E-state index is 10.8. The Morgan fingerprint density at radius 2 is 2.00 bits per heavy atom. The first-order valence-corrected chi connectivity index (χ1v) is 5.19. The van der Waals surface area contributed by atoms with Crippen molar-refractivity contribution >= 4 is 6.29 Å². The van der Waals surface area contributed by atoms with Crippen molar-refractivity contribution in [3.63, 3.8) is 0 Å². The number of aromatic hydroxyl groups is 2. The number of aryl methyl sites for hydroxylation is 1. The average molecular weight is 208 g/mol. The normalized spacial score (nSPS) is 10.2. The van der Waals surface area contributed by atoms with Crippen molar-refractivity contribution in [3.05, 3.63) is 23.3 Å². The largest absolute Gasteiger partial charge is 0.508 e. The molecule has 15 heavy (non-hydrogen) atoms. The van der Waals surface area contributed by atoms with Gasteiger partial charge >= 0.3 is 0 Å². The van der Waals surface area contributed by atoms with Crippen LogP contribution in [0.3, 0.4) is 0 Å². The summed E-state index contributed by atoms with van der Waals surface area (Å²) in [4.78, 5) is 10.8. The zero-order valence-corrected chi connectivity index (χ0v) is 8.86. The molecule has 0 aliphatic heterocycles. The molecular weight excluding hydrogens is 192 g/mol. The van der Waals surface area contributed by atoms with Gasteiger partial charge in [-0.2, -0.15) is 0 Å². The van der Waals surface area contributed by atoms with Crippen LogP contribution in [-0.2, 0) is 6.42 Å². The lowest BCUT2D eigenvalue weighted by Gasteiger charge is -2.07. The Labute approximate surface area is 89.4 Å². The zero-order valence-electron chi connectivity index (χ0n) is 8.86. The van der Waals surface area contributed by atoms with E-state index in [0.717, 1.165) is 24.8 Å². The fourth-order valence-electron chi connectivity index (χ4n) is 1.59. The molecule has 0 aromatic heterocycles. The van der Waals surface area contributed by atoms with Crippen molar-refractivity contribution in [1.82, 2.24) is 0 Å². The highest BCUT2D eigenvalue weighted by Crippen LogP contribution is 2.26. The van der Waals surface area contributed by atoms with Crippen LogP contribution in [0.5, 0.6) is 11.5 Å². The Kier molecular flexibility index (Phi) is 4.16. The zero-order chi connectivity index (χ0) is 11.3. The molecule has 3 nitrogen and oxygen atoms in total. The first-order chi connectivity index (χ1) is 7.19. The molecule has 1 aromatic carbocycles. The second-order valence-corrected chi connectivity index (χ2v) is 3.61. The number of rotatable bonds is 5. The Bertz CT molecular complexity index is 345. The van der Waals surface area contributed by atoms with Crippen LogP contribution in [0.1, 0.15) is 42.1 Å². The highest BCUT2D eigenvalue weighted by atomic mass is 16.3. The van der Waals surface area contributed by atoms with E-state index in [1.165, 1.54) is 6.07 Å². The van der Waals surface area contributed by atoms with E-state index in [2.05, 4.69) is 6.92 Å². The lowest BCUT2D eigenvalue weighted by molar-refractivity contribution is 0.112. The molecule has 0 bridgehead atoms. The number of hydrogen-bond acceptors (Lipinski definition) is 3. The molecular formula is C12H16O3. The Balaban J connectivity index is 2.88. The van der Waals surface area contributed by atoms with E-state index in [-0.39, 0.29) is 11.5 Å². The summed E-state index contributed by atoms with van der Waals surface area (Å²) in [6.07, 6.45) is 4.48. The van der Waals surface area contributed by atoms with Gasteiger partial charge in [0.25, 0.3) is 0 Å². The minimum atomic E-state index is -0.142. The van der Waals surface area contributed by atoms with E-state index in [1.807, 2.05) is 0 Å².